The zero-order valence-electron chi connectivity index (χ0n) is 19.4. The molecule has 3 rings (SSSR count). The van der Waals surface area contributed by atoms with Gasteiger partial charge in [-0.05, 0) is 38.2 Å². The van der Waals surface area contributed by atoms with Gasteiger partial charge in [-0.1, -0.05) is 43.2 Å². The highest BCUT2D eigenvalue weighted by Gasteiger charge is 2.42. The number of guanidine groups is 1. The zero-order chi connectivity index (χ0) is 21.4. The van der Waals surface area contributed by atoms with Crippen molar-refractivity contribution < 1.29 is 4.79 Å². The van der Waals surface area contributed by atoms with Crippen LogP contribution in [0, 0.1) is 5.41 Å². The van der Waals surface area contributed by atoms with Crippen LogP contribution < -0.4 is 10.6 Å². The Kier molecular flexibility index (Phi) is 10.6. The molecule has 7 heteroatoms. The van der Waals surface area contributed by atoms with E-state index in [0.29, 0.717) is 12.6 Å². The number of likely N-dealkylation sites (tertiary alicyclic amines) is 1. The third kappa shape index (κ3) is 7.34. The van der Waals surface area contributed by atoms with E-state index in [1.165, 1.54) is 5.56 Å². The molecule has 31 heavy (non-hydrogen) atoms. The molecular weight excluding hydrogens is 501 g/mol. The van der Waals surface area contributed by atoms with Crippen molar-refractivity contribution in [3.05, 3.63) is 35.9 Å². The molecule has 1 saturated heterocycles. The monoisotopic (exact) mass is 541 g/mol. The van der Waals surface area contributed by atoms with Crippen LogP contribution in [0.1, 0.15) is 51.0 Å². The lowest BCUT2D eigenvalue weighted by molar-refractivity contribution is -0.138. The summed E-state index contributed by atoms with van der Waals surface area (Å²) in [4.78, 5) is 22.0. The van der Waals surface area contributed by atoms with Crippen LogP contribution >= 0.6 is 24.0 Å². The third-order valence-electron chi connectivity index (χ3n) is 6.48. The molecule has 1 aromatic carbocycles. The quantitative estimate of drug-likeness (QED) is 0.316. The van der Waals surface area contributed by atoms with Gasteiger partial charge in [0.25, 0.3) is 0 Å². The number of nitrogens with one attached hydrogen (secondary N) is 2. The summed E-state index contributed by atoms with van der Waals surface area (Å²) >= 11 is 0. The number of amides is 1. The van der Waals surface area contributed by atoms with Crippen molar-refractivity contribution in [2.24, 2.45) is 10.4 Å². The Labute approximate surface area is 205 Å². The van der Waals surface area contributed by atoms with Crippen molar-refractivity contribution in [2.75, 3.05) is 40.3 Å². The minimum Gasteiger partial charge on any atom is -0.357 e. The molecule has 0 radical (unpaired) electrons. The van der Waals surface area contributed by atoms with E-state index in [9.17, 15) is 4.79 Å². The summed E-state index contributed by atoms with van der Waals surface area (Å²) in [6.45, 7) is 6.70. The first-order chi connectivity index (χ1) is 14.5. The summed E-state index contributed by atoms with van der Waals surface area (Å²) in [7, 11) is 3.72. The zero-order valence-corrected chi connectivity index (χ0v) is 21.7. The minimum atomic E-state index is -0.315. The Morgan fingerprint density at radius 1 is 1.16 bits per heavy atom. The summed E-state index contributed by atoms with van der Waals surface area (Å²) in [6, 6.07) is 11.1. The smallest absolute Gasteiger partial charge is 0.230 e. The van der Waals surface area contributed by atoms with E-state index in [0.717, 1.165) is 70.7 Å². The molecule has 1 saturated carbocycles. The summed E-state index contributed by atoms with van der Waals surface area (Å²) in [5.74, 6) is 1.09. The Bertz CT molecular complexity index is 695. The van der Waals surface area contributed by atoms with E-state index < -0.39 is 0 Å². The molecule has 0 spiro atoms. The van der Waals surface area contributed by atoms with E-state index in [-0.39, 0.29) is 35.3 Å². The second-order valence-corrected chi connectivity index (χ2v) is 9.06. The first-order valence-electron chi connectivity index (χ1n) is 11.6. The normalized spacial score (nSPS) is 19.5. The van der Waals surface area contributed by atoms with Gasteiger partial charge in [-0.2, -0.15) is 0 Å². The molecule has 174 valence electrons. The maximum atomic E-state index is 12.8. The van der Waals surface area contributed by atoms with Gasteiger partial charge >= 0.3 is 0 Å². The molecule has 1 aliphatic carbocycles. The topological polar surface area (TPSA) is 60.0 Å². The molecule has 0 bridgehead atoms. The maximum absolute atomic E-state index is 12.8. The third-order valence-corrected chi connectivity index (χ3v) is 6.48. The van der Waals surface area contributed by atoms with Crippen LogP contribution in [-0.2, 0) is 11.3 Å². The van der Waals surface area contributed by atoms with Crippen LogP contribution in [-0.4, -0.2) is 68.0 Å². The number of halogens is 1. The molecule has 1 aromatic rings. The van der Waals surface area contributed by atoms with Crippen LogP contribution in [0.25, 0.3) is 0 Å². The van der Waals surface area contributed by atoms with Crippen molar-refractivity contribution in [2.45, 2.75) is 58.0 Å². The molecule has 0 aromatic heterocycles. The highest BCUT2D eigenvalue weighted by atomic mass is 127. The number of carbonyl (C=O) groups excluding carboxylic acids is 1. The molecule has 1 heterocycles. The van der Waals surface area contributed by atoms with Gasteiger partial charge in [0.1, 0.15) is 0 Å². The van der Waals surface area contributed by atoms with Gasteiger partial charge in [-0.15, -0.1) is 24.0 Å². The Hall–Kier alpha value is -1.35. The number of piperidine rings is 1. The number of rotatable bonds is 7. The second-order valence-electron chi connectivity index (χ2n) is 9.06. The number of aliphatic imine (C=N–C) groups is 1. The molecule has 6 nitrogen and oxygen atoms in total. The van der Waals surface area contributed by atoms with Crippen molar-refractivity contribution in [3.8, 4) is 0 Å². The largest absolute Gasteiger partial charge is 0.357 e. The van der Waals surface area contributed by atoms with Crippen molar-refractivity contribution in [1.29, 1.82) is 0 Å². The maximum Gasteiger partial charge on any atom is 0.230 e. The standard InChI is InChI=1S/C24H39N5O.HI/c1-4-25-23(26-19-24(14-8-9-15-24)22(30)28(2)3)27-21-12-16-29(17-13-21)18-20-10-6-5-7-11-20;/h5-7,10-11,21H,4,8-9,12-19H2,1-3H3,(H2,25,26,27);1H. The van der Waals surface area contributed by atoms with Crippen LogP contribution in [0.4, 0.5) is 0 Å². The molecular formula is C24H40IN5O. The van der Waals surface area contributed by atoms with E-state index in [1.54, 1.807) is 4.90 Å². The Morgan fingerprint density at radius 3 is 2.39 bits per heavy atom. The van der Waals surface area contributed by atoms with Gasteiger partial charge < -0.3 is 15.5 Å². The Morgan fingerprint density at radius 2 is 1.81 bits per heavy atom. The fourth-order valence-corrected chi connectivity index (χ4v) is 4.79. The molecule has 1 aliphatic heterocycles. The van der Waals surface area contributed by atoms with E-state index >= 15 is 0 Å². The summed E-state index contributed by atoms with van der Waals surface area (Å²) in [5, 5.41) is 7.03. The van der Waals surface area contributed by atoms with E-state index in [2.05, 4.69) is 52.8 Å². The number of benzene rings is 1. The fourth-order valence-electron chi connectivity index (χ4n) is 4.79. The first kappa shape index (κ1) is 25.9. The van der Waals surface area contributed by atoms with Gasteiger partial charge in [0.2, 0.25) is 5.91 Å². The van der Waals surface area contributed by atoms with Crippen molar-refractivity contribution in [3.63, 3.8) is 0 Å². The molecule has 2 fully saturated rings. The predicted octanol–water partition coefficient (Wildman–Crippen LogP) is 3.47. The lowest BCUT2D eigenvalue weighted by Gasteiger charge is -2.33. The highest BCUT2D eigenvalue weighted by Crippen LogP contribution is 2.39. The summed E-state index contributed by atoms with van der Waals surface area (Å²) in [5.41, 5.74) is 1.07. The van der Waals surface area contributed by atoms with Crippen LogP contribution in [0.15, 0.2) is 35.3 Å². The van der Waals surface area contributed by atoms with E-state index in [1.807, 2.05) is 14.1 Å². The molecule has 1 amide bonds. The van der Waals surface area contributed by atoms with Gasteiger partial charge in [0.05, 0.1) is 12.0 Å². The molecule has 2 aliphatic rings. The van der Waals surface area contributed by atoms with E-state index in [4.69, 9.17) is 4.99 Å². The number of carbonyl (C=O) groups is 1. The van der Waals surface area contributed by atoms with Crippen LogP contribution in [0.3, 0.4) is 0 Å². The highest BCUT2D eigenvalue weighted by molar-refractivity contribution is 14.0. The average Bonchev–Trinajstić information content (AvgIpc) is 3.24. The minimum absolute atomic E-state index is 0. The van der Waals surface area contributed by atoms with Gasteiger partial charge in [0.15, 0.2) is 5.96 Å². The number of hydrogen-bond donors (Lipinski definition) is 2. The van der Waals surface area contributed by atoms with Gasteiger partial charge in [-0.25, -0.2) is 0 Å². The second kappa shape index (κ2) is 12.6. The lowest BCUT2D eigenvalue weighted by atomic mass is 9.85. The fraction of sp³-hybridized carbons (Fsp3) is 0.667. The van der Waals surface area contributed by atoms with Gasteiger partial charge in [-0.3, -0.25) is 14.7 Å². The number of nitrogens with zero attached hydrogens (tertiary/aromatic N) is 3. The predicted molar refractivity (Wildman–Crippen MR) is 139 cm³/mol. The number of hydrogen-bond acceptors (Lipinski definition) is 3. The molecule has 2 N–H and O–H groups in total. The summed E-state index contributed by atoms with van der Waals surface area (Å²) < 4.78 is 0. The SMILES string of the molecule is CCNC(=NCC1(C(=O)N(C)C)CCCC1)NC1CCN(Cc2ccccc2)CC1.I. The molecule has 0 atom stereocenters. The summed E-state index contributed by atoms with van der Waals surface area (Å²) in [6.07, 6.45) is 6.37. The van der Waals surface area contributed by atoms with Crippen LogP contribution in [0.5, 0.6) is 0 Å². The van der Waals surface area contributed by atoms with Crippen LogP contribution in [0.2, 0.25) is 0 Å². The van der Waals surface area contributed by atoms with Crippen molar-refractivity contribution in [1.82, 2.24) is 20.4 Å². The van der Waals surface area contributed by atoms with Crippen molar-refractivity contribution >= 4 is 35.8 Å². The average molecular weight is 542 g/mol. The van der Waals surface area contributed by atoms with Gasteiger partial charge in [0, 0.05) is 46.3 Å². The Balaban J connectivity index is 0.00000341. The molecule has 0 unspecified atom stereocenters. The first-order valence-corrected chi connectivity index (χ1v) is 11.6. The lowest BCUT2D eigenvalue weighted by Crippen LogP contribution is -2.49.